The molecule has 0 amide bonds. The molecule has 1 aromatic carbocycles. The van der Waals surface area contributed by atoms with Gasteiger partial charge in [-0.1, -0.05) is 5.21 Å². The van der Waals surface area contributed by atoms with Gasteiger partial charge in [-0.2, -0.15) is 0 Å². The van der Waals surface area contributed by atoms with Crippen molar-refractivity contribution in [1.82, 2.24) is 15.0 Å². The van der Waals surface area contributed by atoms with E-state index in [0.717, 1.165) is 6.20 Å². The van der Waals surface area contributed by atoms with Gasteiger partial charge < -0.3 is 5.11 Å². The molecule has 0 aliphatic rings. The molecule has 0 spiro atoms. The van der Waals surface area contributed by atoms with Crippen LogP contribution in [0.3, 0.4) is 0 Å². The summed E-state index contributed by atoms with van der Waals surface area (Å²) in [6.45, 7) is 0. The van der Waals surface area contributed by atoms with Gasteiger partial charge in [0.15, 0.2) is 23.3 Å². The lowest BCUT2D eigenvalue weighted by molar-refractivity contribution is -0.136. The van der Waals surface area contributed by atoms with Crippen molar-refractivity contribution in [2.75, 3.05) is 0 Å². The summed E-state index contributed by atoms with van der Waals surface area (Å²) in [5, 5.41) is 15.3. The van der Waals surface area contributed by atoms with Crippen LogP contribution in [0.15, 0.2) is 12.3 Å². The van der Waals surface area contributed by atoms with Crippen molar-refractivity contribution in [3.63, 3.8) is 0 Å². The molecule has 0 atom stereocenters. The molecule has 106 valence electrons. The average molecular weight is 289 g/mol. The first-order valence-corrected chi connectivity index (χ1v) is 5.36. The highest BCUT2D eigenvalue weighted by Crippen LogP contribution is 2.22. The third-order valence-corrected chi connectivity index (χ3v) is 2.45. The van der Waals surface area contributed by atoms with Crippen LogP contribution in [0.25, 0.3) is 5.69 Å². The third-order valence-electron chi connectivity index (χ3n) is 2.45. The molecular weight excluding hydrogens is 282 g/mol. The molecule has 1 aromatic heterocycles. The fourth-order valence-electron chi connectivity index (χ4n) is 1.52. The quantitative estimate of drug-likeness (QED) is 0.689. The summed E-state index contributed by atoms with van der Waals surface area (Å²) in [5.74, 6) is -7.45. The number of hydrogen-bond donors (Lipinski definition) is 1. The minimum Gasteiger partial charge on any atom is -0.481 e. The second-order valence-corrected chi connectivity index (χ2v) is 3.86. The van der Waals surface area contributed by atoms with E-state index in [1.165, 1.54) is 0 Å². The predicted molar refractivity (Wildman–Crippen MR) is 57.1 cm³/mol. The number of aliphatic carboxylic acids is 1. The van der Waals surface area contributed by atoms with Gasteiger partial charge in [0, 0.05) is 12.5 Å². The summed E-state index contributed by atoms with van der Waals surface area (Å²) in [6.07, 6.45) is 0.709. The van der Waals surface area contributed by atoms with E-state index >= 15 is 0 Å². The lowest BCUT2D eigenvalue weighted by Crippen LogP contribution is -2.07. The van der Waals surface area contributed by atoms with E-state index < -0.39 is 34.9 Å². The number of carboxylic acids is 1. The molecule has 9 heteroatoms. The highest BCUT2D eigenvalue weighted by molar-refractivity contribution is 5.66. The Morgan fingerprint density at radius 2 is 1.80 bits per heavy atom. The molecule has 0 saturated heterocycles. The Kier molecular flexibility index (Phi) is 3.68. The number of nitrogens with zero attached hydrogens (tertiary/aromatic N) is 3. The van der Waals surface area contributed by atoms with Crippen LogP contribution in [-0.2, 0) is 11.2 Å². The summed E-state index contributed by atoms with van der Waals surface area (Å²) in [6, 6.07) is 0.0798. The second-order valence-electron chi connectivity index (χ2n) is 3.86. The largest absolute Gasteiger partial charge is 0.481 e. The van der Waals surface area contributed by atoms with Crippen LogP contribution in [0.4, 0.5) is 17.6 Å². The molecule has 0 aliphatic heterocycles. The Labute approximate surface area is 109 Å². The molecule has 0 bridgehead atoms. The predicted octanol–water partition coefficient (Wildman–Crippen LogP) is 1.84. The first-order chi connectivity index (χ1) is 9.40. The van der Waals surface area contributed by atoms with Crippen LogP contribution >= 0.6 is 0 Å². The van der Waals surface area contributed by atoms with Crippen LogP contribution in [-0.4, -0.2) is 26.1 Å². The van der Waals surface area contributed by atoms with Crippen molar-refractivity contribution in [1.29, 1.82) is 0 Å². The highest BCUT2D eigenvalue weighted by Gasteiger charge is 2.21. The van der Waals surface area contributed by atoms with E-state index in [9.17, 15) is 22.4 Å². The minimum absolute atomic E-state index is 0.0314. The van der Waals surface area contributed by atoms with Crippen molar-refractivity contribution in [2.45, 2.75) is 12.8 Å². The molecule has 5 nitrogen and oxygen atoms in total. The van der Waals surface area contributed by atoms with E-state index in [1.54, 1.807) is 0 Å². The zero-order chi connectivity index (χ0) is 14.9. The van der Waals surface area contributed by atoms with Gasteiger partial charge in [0.25, 0.3) is 0 Å². The molecule has 1 heterocycles. The molecule has 0 aliphatic carbocycles. The standard InChI is InChI=1S/C11H7F4N3O2/c12-6-3-7(13)10(15)11(9(6)14)18-4-5(16-17-18)1-2-8(19)20/h3-4H,1-2H2,(H,19,20). The number of carboxylic acid groups (broad SMARTS) is 1. The number of carbonyl (C=O) groups is 1. The topological polar surface area (TPSA) is 68.0 Å². The van der Waals surface area contributed by atoms with Gasteiger partial charge in [-0.05, 0) is 0 Å². The Balaban J connectivity index is 2.40. The third kappa shape index (κ3) is 2.60. The summed E-state index contributed by atoms with van der Waals surface area (Å²) in [5.41, 5.74) is -0.924. The van der Waals surface area contributed by atoms with Crippen LogP contribution in [0.5, 0.6) is 0 Å². The molecule has 2 rings (SSSR count). The van der Waals surface area contributed by atoms with Gasteiger partial charge in [-0.25, -0.2) is 22.2 Å². The zero-order valence-corrected chi connectivity index (χ0v) is 9.78. The maximum absolute atomic E-state index is 13.5. The second kappa shape index (κ2) is 5.27. The summed E-state index contributed by atoms with van der Waals surface area (Å²) in [7, 11) is 0. The monoisotopic (exact) mass is 289 g/mol. The fourth-order valence-corrected chi connectivity index (χ4v) is 1.52. The minimum atomic E-state index is -1.61. The number of halogens is 4. The molecule has 0 saturated carbocycles. The van der Waals surface area contributed by atoms with Crippen LogP contribution in [0.1, 0.15) is 12.1 Å². The Bertz CT molecular complexity index is 646. The van der Waals surface area contributed by atoms with Crippen molar-refractivity contribution in [3.8, 4) is 5.69 Å². The lowest BCUT2D eigenvalue weighted by Gasteiger charge is -2.05. The van der Waals surface area contributed by atoms with Gasteiger partial charge in [0.1, 0.15) is 5.69 Å². The SMILES string of the molecule is O=C(O)CCc1cn(-c2c(F)c(F)cc(F)c2F)nn1. The lowest BCUT2D eigenvalue weighted by atomic mass is 10.2. The normalized spacial score (nSPS) is 10.8. The summed E-state index contributed by atoms with van der Waals surface area (Å²) >= 11 is 0. The molecule has 0 radical (unpaired) electrons. The van der Waals surface area contributed by atoms with E-state index in [0.29, 0.717) is 4.68 Å². The highest BCUT2D eigenvalue weighted by atomic mass is 19.2. The van der Waals surface area contributed by atoms with Crippen molar-refractivity contribution < 1.29 is 27.5 Å². The average Bonchev–Trinajstić information content (AvgIpc) is 2.83. The maximum Gasteiger partial charge on any atom is 0.303 e. The number of aromatic nitrogens is 3. The van der Waals surface area contributed by atoms with Crippen LogP contribution in [0.2, 0.25) is 0 Å². The van der Waals surface area contributed by atoms with E-state index in [-0.39, 0.29) is 24.6 Å². The first kappa shape index (κ1) is 14.0. The maximum atomic E-state index is 13.5. The Hall–Kier alpha value is -2.45. The summed E-state index contributed by atoms with van der Waals surface area (Å²) in [4.78, 5) is 10.4. The van der Waals surface area contributed by atoms with Crippen LogP contribution < -0.4 is 0 Å². The number of aryl methyl sites for hydroxylation is 1. The molecule has 20 heavy (non-hydrogen) atoms. The molecule has 2 aromatic rings. The molecule has 1 N–H and O–H groups in total. The number of benzene rings is 1. The number of rotatable bonds is 4. The van der Waals surface area contributed by atoms with Crippen LogP contribution in [0, 0.1) is 23.3 Å². The molecule has 0 unspecified atom stereocenters. The van der Waals surface area contributed by atoms with E-state index in [4.69, 9.17) is 5.11 Å². The van der Waals surface area contributed by atoms with Gasteiger partial charge >= 0.3 is 5.97 Å². The molecule has 0 fully saturated rings. The zero-order valence-electron chi connectivity index (χ0n) is 9.78. The van der Waals surface area contributed by atoms with Gasteiger partial charge in [-0.3, -0.25) is 4.79 Å². The van der Waals surface area contributed by atoms with Gasteiger partial charge in [0.2, 0.25) is 0 Å². The Morgan fingerprint density at radius 3 is 2.35 bits per heavy atom. The van der Waals surface area contributed by atoms with Crippen molar-refractivity contribution in [3.05, 3.63) is 41.2 Å². The number of hydrogen-bond acceptors (Lipinski definition) is 3. The van der Waals surface area contributed by atoms with Crippen molar-refractivity contribution in [2.24, 2.45) is 0 Å². The molecular formula is C11H7F4N3O2. The van der Waals surface area contributed by atoms with E-state index in [1.807, 2.05) is 0 Å². The van der Waals surface area contributed by atoms with Crippen molar-refractivity contribution >= 4 is 5.97 Å². The van der Waals surface area contributed by atoms with Gasteiger partial charge in [0.05, 0.1) is 18.3 Å². The smallest absolute Gasteiger partial charge is 0.303 e. The fraction of sp³-hybridized carbons (Fsp3) is 0.182. The summed E-state index contributed by atoms with van der Waals surface area (Å²) < 4.78 is 53.6. The Morgan fingerprint density at radius 1 is 1.20 bits per heavy atom. The van der Waals surface area contributed by atoms with Gasteiger partial charge in [-0.15, -0.1) is 5.10 Å². The van der Waals surface area contributed by atoms with E-state index in [2.05, 4.69) is 10.3 Å². The first-order valence-electron chi connectivity index (χ1n) is 5.36.